The van der Waals surface area contributed by atoms with Gasteiger partial charge in [0.05, 0.1) is 11.8 Å². The molecule has 0 aliphatic carbocycles. The van der Waals surface area contributed by atoms with E-state index < -0.39 is 5.82 Å². The van der Waals surface area contributed by atoms with Crippen molar-refractivity contribution >= 4 is 11.6 Å². The normalized spacial score (nSPS) is 22.6. The summed E-state index contributed by atoms with van der Waals surface area (Å²) in [4.78, 5) is 14.5. The second-order valence-electron chi connectivity index (χ2n) is 6.35. The van der Waals surface area contributed by atoms with Crippen molar-refractivity contribution in [3.05, 3.63) is 24.0 Å². The SMILES string of the molecule is CC(C)Oc1ccc(NC(=O)[C@H]2CCN(C)[C@@H](C)C2)c(F)c1. The maximum Gasteiger partial charge on any atom is 0.227 e. The minimum absolute atomic E-state index is 0.0134. The fourth-order valence-corrected chi connectivity index (χ4v) is 2.71. The van der Waals surface area contributed by atoms with E-state index in [1.54, 1.807) is 12.1 Å². The van der Waals surface area contributed by atoms with Gasteiger partial charge in [0.2, 0.25) is 5.91 Å². The Hall–Kier alpha value is -1.62. The van der Waals surface area contributed by atoms with Crippen LogP contribution in [0.25, 0.3) is 0 Å². The zero-order valence-corrected chi connectivity index (χ0v) is 13.7. The van der Waals surface area contributed by atoms with Gasteiger partial charge < -0.3 is 15.0 Å². The van der Waals surface area contributed by atoms with Crippen LogP contribution in [0, 0.1) is 11.7 Å². The lowest BCUT2D eigenvalue weighted by molar-refractivity contribution is -0.121. The van der Waals surface area contributed by atoms with Crippen LogP contribution < -0.4 is 10.1 Å². The summed E-state index contributed by atoms with van der Waals surface area (Å²) in [5.41, 5.74) is 0.215. The molecule has 1 fully saturated rings. The first kappa shape index (κ1) is 16.7. The first-order valence-corrected chi connectivity index (χ1v) is 7.84. The molecule has 0 spiro atoms. The molecule has 2 atom stereocenters. The smallest absolute Gasteiger partial charge is 0.227 e. The molecule has 1 saturated heterocycles. The molecule has 1 amide bonds. The summed E-state index contributed by atoms with van der Waals surface area (Å²) in [5.74, 6) is -0.153. The Kier molecular flexibility index (Phi) is 5.40. The molecule has 0 radical (unpaired) electrons. The third-order valence-corrected chi connectivity index (χ3v) is 4.15. The first-order chi connectivity index (χ1) is 10.4. The lowest BCUT2D eigenvalue weighted by Gasteiger charge is -2.34. The van der Waals surface area contributed by atoms with Crippen LogP contribution in [0.15, 0.2) is 18.2 Å². The number of halogens is 1. The number of nitrogens with one attached hydrogen (secondary N) is 1. The molecule has 2 rings (SSSR count). The van der Waals surface area contributed by atoms with E-state index in [4.69, 9.17) is 4.74 Å². The molecule has 122 valence electrons. The molecule has 0 unspecified atom stereocenters. The number of hydrogen-bond acceptors (Lipinski definition) is 3. The van der Waals surface area contributed by atoms with E-state index in [1.165, 1.54) is 6.07 Å². The average molecular weight is 308 g/mol. The van der Waals surface area contributed by atoms with Crippen molar-refractivity contribution in [1.29, 1.82) is 0 Å². The van der Waals surface area contributed by atoms with Gasteiger partial charge in [-0.05, 0) is 59.3 Å². The molecule has 1 heterocycles. The van der Waals surface area contributed by atoms with Gasteiger partial charge in [-0.25, -0.2) is 4.39 Å². The van der Waals surface area contributed by atoms with Crippen LogP contribution in [0.3, 0.4) is 0 Å². The van der Waals surface area contributed by atoms with Crippen molar-refractivity contribution in [1.82, 2.24) is 4.90 Å². The second kappa shape index (κ2) is 7.09. The van der Waals surface area contributed by atoms with Gasteiger partial charge in [0.25, 0.3) is 0 Å². The van der Waals surface area contributed by atoms with Crippen LogP contribution in [-0.2, 0) is 4.79 Å². The van der Waals surface area contributed by atoms with Gasteiger partial charge in [-0.1, -0.05) is 0 Å². The molecule has 0 saturated carbocycles. The number of likely N-dealkylation sites (tertiary alicyclic amines) is 1. The van der Waals surface area contributed by atoms with Crippen LogP contribution in [-0.4, -0.2) is 36.5 Å². The van der Waals surface area contributed by atoms with E-state index in [9.17, 15) is 9.18 Å². The minimum atomic E-state index is -0.465. The van der Waals surface area contributed by atoms with Crippen LogP contribution >= 0.6 is 0 Å². The lowest BCUT2D eigenvalue weighted by Crippen LogP contribution is -2.41. The number of piperidine rings is 1. The molecular weight excluding hydrogens is 283 g/mol. The Bertz CT molecular complexity index is 533. The third-order valence-electron chi connectivity index (χ3n) is 4.15. The Morgan fingerprint density at radius 2 is 2.18 bits per heavy atom. The summed E-state index contributed by atoms with van der Waals surface area (Å²) in [6.45, 7) is 6.77. The molecule has 0 bridgehead atoms. The number of amides is 1. The Labute approximate surface area is 131 Å². The van der Waals surface area contributed by atoms with E-state index >= 15 is 0 Å². The zero-order chi connectivity index (χ0) is 16.3. The number of rotatable bonds is 4. The number of benzene rings is 1. The molecule has 5 heteroatoms. The number of ether oxygens (including phenoxy) is 1. The molecule has 1 N–H and O–H groups in total. The van der Waals surface area contributed by atoms with Crippen LogP contribution in [0.4, 0.5) is 10.1 Å². The number of hydrogen-bond donors (Lipinski definition) is 1. The van der Waals surface area contributed by atoms with Crippen molar-refractivity contribution in [3.63, 3.8) is 0 Å². The highest BCUT2D eigenvalue weighted by atomic mass is 19.1. The first-order valence-electron chi connectivity index (χ1n) is 7.84. The van der Waals surface area contributed by atoms with Crippen LogP contribution in [0.2, 0.25) is 0 Å². The number of carbonyl (C=O) groups excluding carboxylic acids is 1. The predicted octanol–water partition coefficient (Wildman–Crippen LogP) is 3.28. The van der Waals surface area contributed by atoms with Gasteiger partial charge >= 0.3 is 0 Å². The molecule has 4 nitrogen and oxygen atoms in total. The quantitative estimate of drug-likeness (QED) is 0.928. The Morgan fingerprint density at radius 3 is 2.77 bits per heavy atom. The summed E-state index contributed by atoms with van der Waals surface area (Å²) in [7, 11) is 2.06. The van der Waals surface area contributed by atoms with Crippen molar-refractivity contribution < 1.29 is 13.9 Å². The van der Waals surface area contributed by atoms with E-state index in [-0.39, 0.29) is 23.6 Å². The van der Waals surface area contributed by atoms with E-state index in [1.807, 2.05) is 13.8 Å². The monoisotopic (exact) mass is 308 g/mol. The molecule has 22 heavy (non-hydrogen) atoms. The second-order valence-corrected chi connectivity index (χ2v) is 6.35. The maximum absolute atomic E-state index is 14.1. The highest BCUT2D eigenvalue weighted by Gasteiger charge is 2.28. The Balaban J connectivity index is 1.99. The largest absolute Gasteiger partial charge is 0.491 e. The summed E-state index contributed by atoms with van der Waals surface area (Å²) < 4.78 is 19.5. The predicted molar refractivity (Wildman–Crippen MR) is 85.6 cm³/mol. The van der Waals surface area contributed by atoms with Crippen molar-refractivity contribution in [2.75, 3.05) is 18.9 Å². The minimum Gasteiger partial charge on any atom is -0.491 e. The maximum atomic E-state index is 14.1. The number of anilines is 1. The Morgan fingerprint density at radius 1 is 1.45 bits per heavy atom. The van der Waals surface area contributed by atoms with Crippen molar-refractivity contribution in [3.8, 4) is 5.75 Å². The third kappa shape index (κ3) is 4.19. The summed E-state index contributed by atoms with van der Waals surface area (Å²) in [6.07, 6.45) is 1.60. The highest BCUT2D eigenvalue weighted by molar-refractivity contribution is 5.92. The van der Waals surface area contributed by atoms with Gasteiger partial charge in [0, 0.05) is 18.0 Å². The highest BCUT2D eigenvalue weighted by Crippen LogP contribution is 2.25. The van der Waals surface area contributed by atoms with E-state index in [0.717, 1.165) is 19.4 Å². The van der Waals surface area contributed by atoms with Gasteiger partial charge in [-0.2, -0.15) is 0 Å². The summed E-state index contributed by atoms with van der Waals surface area (Å²) in [6, 6.07) is 4.92. The average Bonchev–Trinajstić information content (AvgIpc) is 2.44. The van der Waals surface area contributed by atoms with Crippen molar-refractivity contribution in [2.45, 2.75) is 45.8 Å². The van der Waals surface area contributed by atoms with E-state index in [2.05, 4.69) is 24.2 Å². The lowest BCUT2D eigenvalue weighted by atomic mass is 9.91. The van der Waals surface area contributed by atoms with Crippen LogP contribution in [0.5, 0.6) is 5.75 Å². The molecule has 1 aliphatic heterocycles. The van der Waals surface area contributed by atoms with Crippen molar-refractivity contribution in [2.24, 2.45) is 5.92 Å². The van der Waals surface area contributed by atoms with Gasteiger partial charge in [0.15, 0.2) is 0 Å². The summed E-state index contributed by atoms with van der Waals surface area (Å²) in [5, 5.41) is 2.71. The zero-order valence-electron chi connectivity index (χ0n) is 13.7. The van der Waals surface area contributed by atoms with E-state index in [0.29, 0.717) is 11.8 Å². The molecular formula is C17H25FN2O2. The number of nitrogens with zero attached hydrogens (tertiary/aromatic N) is 1. The molecule has 1 aromatic rings. The number of carbonyl (C=O) groups is 1. The van der Waals surface area contributed by atoms with Gasteiger partial charge in [-0.15, -0.1) is 0 Å². The molecule has 1 aliphatic rings. The molecule has 1 aromatic carbocycles. The standard InChI is InChI=1S/C17H25FN2O2/c1-11(2)22-14-5-6-16(15(18)10-14)19-17(21)13-7-8-20(4)12(3)9-13/h5-6,10-13H,7-9H2,1-4H3,(H,19,21)/t12-,13-/m0/s1. The summed E-state index contributed by atoms with van der Waals surface area (Å²) >= 11 is 0. The van der Waals surface area contributed by atoms with Gasteiger partial charge in [-0.3, -0.25) is 4.79 Å². The topological polar surface area (TPSA) is 41.6 Å². The van der Waals surface area contributed by atoms with Gasteiger partial charge in [0.1, 0.15) is 11.6 Å². The fraction of sp³-hybridized carbons (Fsp3) is 0.588. The van der Waals surface area contributed by atoms with Crippen LogP contribution in [0.1, 0.15) is 33.6 Å². The fourth-order valence-electron chi connectivity index (χ4n) is 2.71. The molecule has 0 aromatic heterocycles.